The Bertz CT molecular complexity index is 590. The molecule has 1 aromatic carbocycles. The van der Waals surface area contributed by atoms with Crippen molar-refractivity contribution in [2.45, 2.75) is 13.3 Å². The van der Waals surface area contributed by atoms with E-state index >= 15 is 0 Å². The first-order valence-corrected chi connectivity index (χ1v) is 8.62. The third-order valence-corrected chi connectivity index (χ3v) is 4.45. The highest BCUT2D eigenvalue weighted by molar-refractivity contribution is 5.92. The normalized spacial score (nSPS) is 15.9. The number of hydrogen-bond donors (Lipinski definition) is 0. The van der Waals surface area contributed by atoms with Crippen molar-refractivity contribution in [2.24, 2.45) is 0 Å². The van der Waals surface area contributed by atoms with Gasteiger partial charge in [0.15, 0.2) is 11.5 Å². The van der Waals surface area contributed by atoms with Gasteiger partial charge in [-0.15, -0.1) is 0 Å². The molecule has 1 aromatic rings. The second kappa shape index (κ2) is 9.32. The first-order chi connectivity index (χ1) is 12.1. The largest absolute Gasteiger partial charge is 0.493 e. The number of nitrogens with zero attached hydrogens (tertiary/aromatic N) is 2. The highest BCUT2D eigenvalue weighted by Crippen LogP contribution is 2.38. The average molecular weight is 348 g/mol. The Morgan fingerprint density at radius 2 is 1.72 bits per heavy atom. The smallest absolute Gasteiger partial charge is 0.246 e. The minimum atomic E-state index is 0.0340. The van der Waals surface area contributed by atoms with Crippen molar-refractivity contribution in [3.05, 3.63) is 23.8 Å². The van der Waals surface area contributed by atoms with Gasteiger partial charge in [-0.1, -0.05) is 6.92 Å². The van der Waals surface area contributed by atoms with E-state index in [9.17, 15) is 4.79 Å². The third-order valence-electron chi connectivity index (χ3n) is 4.45. The Kier molecular flexibility index (Phi) is 7.13. The Hall–Kier alpha value is -2.21. The van der Waals surface area contributed by atoms with Gasteiger partial charge in [0.25, 0.3) is 0 Å². The summed E-state index contributed by atoms with van der Waals surface area (Å²) >= 11 is 0. The van der Waals surface area contributed by atoms with Crippen molar-refractivity contribution in [1.29, 1.82) is 0 Å². The maximum Gasteiger partial charge on any atom is 0.246 e. The molecular weight excluding hydrogens is 320 g/mol. The minimum Gasteiger partial charge on any atom is -0.493 e. The van der Waals surface area contributed by atoms with Crippen LogP contribution in [0.2, 0.25) is 0 Å². The van der Waals surface area contributed by atoms with Crippen LogP contribution in [0.25, 0.3) is 6.08 Å². The van der Waals surface area contributed by atoms with E-state index in [1.54, 1.807) is 33.5 Å². The minimum absolute atomic E-state index is 0.0340. The van der Waals surface area contributed by atoms with E-state index in [-0.39, 0.29) is 5.91 Å². The number of benzene rings is 1. The molecule has 1 fully saturated rings. The number of carbonyl (C=O) groups excluding carboxylic acids is 1. The summed E-state index contributed by atoms with van der Waals surface area (Å²) in [6.07, 6.45) is 4.41. The molecular formula is C19H28N2O4. The summed E-state index contributed by atoms with van der Waals surface area (Å²) in [6.45, 7) is 6.74. The fourth-order valence-electron chi connectivity index (χ4n) is 2.98. The number of hydrogen-bond acceptors (Lipinski definition) is 5. The molecule has 0 saturated carbocycles. The van der Waals surface area contributed by atoms with Gasteiger partial charge in [0.05, 0.1) is 21.3 Å². The summed E-state index contributed by atoms with van der Waals surface area (Å²) in [4.78, 5) is 16.8. The van der Waals surface area contributed by atoms with Crippen molar-refractivity contribution in [2.75, 3.05) is 54.1 Å². The lowest BCUT2D eigenvalue weighted by molar-refractivity contribution is -0.125. The zero-order valence-electron chi connectivity index (χ0n) is 15.6. The molecule has 138 valence electrons. The van der Waals surface area contributed by atoms with Gasteiger partial charge in [-0.2, -0.15) is 0 Å². The van der Waals surface area contributed by atoms with Crippen molar-refractivity contribution in [3.63, 3.8) is 0 Å². The lowest BCUT2D eigenvalue weighted by Crippen LogP contribution is -2.34. The Labute approximate surface area is 150 Å². The van der Waals surface area contributed by atoms with E-state index in [1.807, 2.05) is 17.0 Å². The number of likely N-dealkylation sites (N-methyl/N-ethyl adjacent to an activating group) is 1. The first kappa shape index (κ1) is 19.1. The van der Waals surface area contributed by atoms with Crippen LogP contribution in [0.5, 0.6) is 17.2 Å². The van der Waals surface area contributed by atoms with Crippen LogP contribution in [0.1, 0.15) is 18.9 Å². The number of methoxy groups -OCH3 is 3. The maximum absolute atomic E-state index is 12.5. The lowest BCUT2D eigenvalue weighted by Gasteiger charge is -2.19. The molecule has 6 nitrogen and oxygen atoms in total. The Balaban J connectivity index is 2.11. The zero-order valence-corrected chi connectivity index (χ0v) is 15.6. The van der Waals surface area contributed by atoms with Crippen LogP contribution in [-0.2, 0) is 4.79 Å². The quantitative estimate of drug-likeness (QED) is 0.738. The van der Waals surface area contributed by atoms with Crippen LogP contribution < -0.4 is 14.2 Å². The van der Waals surface area contributed by atoms with Crippen molar-refractivity contribution >= 4 is 12.0 Å². The predicted octanol–water partition coefficient (Wildman–Crippen LogP) is 2.28. The molecule has 0 aliphatic carbocycles. The highest BCUT2D eigenvalue weighted by atomic mass is 16.5. The van der Waals surface area contributed by atoms with Crippen LogP contribution in [0.4, 0.5) is 0 Å². The van der Waals surface area contributed by atoms with Gasteiger partial charge in [-0.25, -0.2) is 0 Å². The van der Waals surface area contributed by atoms with Crippen LogP contribution in [-0.4, -0.2) is 69.8 Å². The maximum atomic E-state index is 12.5. The molecule has 1 aliphatic heterocycles. The van der Waals surface area contributed by atoms with Crippen molar-refractivity contribution in [3.8, 4) is 17.2 Å². The number of amides is 1. The summed E-state index contributed by atoms with van der Waals surface area (Å²) in [7, 11) is 4.72. The summed E-state index contributed by atoms with van der Waals surface area (Å²) in [5.74, 6) is 1.72. The van der Waals surface area contributed by atoms with Gasteiger partial charge >= 0.3 is 0 Å². The number of rotatable bonds is 6. The molecule has 0 N–H and O–H groups in total. The summed E-state index contributed by atoms with van der Waals surface area (Å²) < 4.78 is 16.0. The monoisotopic (exact) mass is 348 g/mol. The average Bonchev–Trinajstić information content (AvgIpc) is 2.90. The SMILES string of the molecule is CCN1CCCN(C(=O)C=Cc2cc(OC)c(OC)c(OC)c2)CC1. The van der Waals surface area contributed by atoms with E-state index < -0.39 is 0 Å². The fourth-order valence-corrected chi connectivity index (χ4v) is 2.98. The van der Waals surface area contributed by atoms with E-state index in [1.165, 1.54) is 0 Å². The van der Waals surface area contributed by atoms with Crippen LogP contribution in [0, 0.1) is 0 Å². The third kappa shape index (κ3) is 4.89. The van der Waals surface area contributed by atoms with E-state index in [0.717, 1.165) is 44.7 Å². The molecule has 1 heterocycles. The number of ether oxygens (including phenoxy) is 3. The second-order valence-corrected chi connectivity index (χ2v) is 5.91. The van der Waals surface area contributed by atoms with Crippen LogP contribution in [0.3, 0.4) is 0 Å². The molecule has 6 heteroatoms. The van der Waals surface area contributed by atoms with Crippen LogP contribution in [0.15, 0.2) is 18.2 Å². The Morgan fingerprint density at radius 1 is 1.04 bits per heavy atom. The molecule has 0 atom stereocenters. The molecule has 25 heavy (non-hydrogen) atoms. The van der Waals surface area contributed by atoms with Gasteiger partial charge < -0.3 is 24.0 Å². The van der Waals surface area contributed by atoms with Crippen LogP contribution >= 0.6 is 0 Å². The molecule has 0 radical (unpaired) electrons. The van der Waals surface area contributed by atoms with Crippen molar-refractivity contribution < 1.29 is 19.0 Å². The molecule has 0 bridgehead atoms. The molecule has 1 aliphatic rings. The highest BCUT2D eigenvalue weighted by Gasteiger charge is 2.17. The Morgan fingerprint density at radius 3 is 2.28 bits per heavy atom. The number of carbonyl (C=O) groups is 1. The van der Waals surface area contributed by atoms with E-state index in [0.29, 0.717) is 17.2 Å². The summed E-state index contributed by atoms with van der Waals surface area (Å²) in [5.41, 5.74) is 0.827. The predicted molar refractivity (Wildman–Crippen MR) is 98.4 cm³/mol. The van der Waals surface area contributed by atoms with Gasteiger partial charge in [0, 0.05) is 25.7 Å². The zero-order chi connectivity index (χ0) is 18.2. The lowest BCUT2D eigenvalue weighted by atomic mass is 10.1. The molecule has 0 unspecified atom stereocenters. The summed E-state index contributed by atoms with van der Waals surface area (Å²) in [6, 6.07) is 3.65. The molecule has 1 amide bonds. The summed E-state index contributed by atoms with van der Waals surface area (Å²) in [5, 5.41) is 0. The topological polar surface area (TPSA) is 51.2 Å². The standard InChI is InChI=1S/C19H28N2O4/c1-5-20-9-6-10-21(12-11-20)18(22)8-7-15-13-16(23-2)19(25-4)17(14-15)24-3/h7-8,13-14H,5-6,9-12H2,1-4H3. The van der Waals surface area contributed by atoms with Gasteiger partial charge in [-0.3, -0.25) is 4.79 Å². The fraction of sp³-hybridized carbons (Fsp3) is 0.526. The molecule has 1 saturated heterocycles. The molecule has 2 rings (SSSR count). The van der Waals surface area contributed by atoms with Gasteiger partial charge in [-0.05, 0) is 43.3 Å². The first-order valence-electron chi connectivity index (χ1n) is 8.62. The van der Waals surface area contributed by atoms with E-state index in [4.69, 9.17) is 14.2 Å². The van der Waals surface area contributed by atoms with E-state index in [2.05, 4.69) is 11.8 Å². The van der Waals surface area contributed by atoms with Crippen molar-refractivity contribution in [1.82, 2.24) is 9.80 Å². The second-order valence-electron chi connectivity index (χ2n) is 5.91. The molecule has 0 spiro atoms. The van der Waals surface area contributed by atoms with Gasteiger partial charge in [0.2, 0.25) is 11.7 Å². The van der Waals surface area contributed by atoms with Gasteiger partial charge in [0.1, 0.15) is 0 Å². The molecule has 0 aromatic heterocycles.